The highest BCUT2D eigenvalue weighted by molar-refractivity contribution is 7.93. The molecule has 0 amide bonds. The van der Waals surface area contributed by atoms with Crippen molar-refractivity contribution in [3.63, 3.8) is 0 Å². The minimum atomic E-state index is -3.86. The van der Waals surface area contributed by atoms with Crippen molar-refractivity contribution >= 4 is 19.9 Å². The quantitative estimate of drug-likeness (QED) is 0.158. The van der Waals surface area contributed by atoms with E-state index in [-0.39, 0.29) is 29.0 Å². The van der Waals surface area contributed by atoms with E-state index in [4.69, 9.17) is 14.2 Å². The van der Waals surface area contributed by atoms with Crippen LogP contribution >= 0.6 is 0 Å². The second-order valence-electron chi connectivity index (χ2n) is 14.8. The fourth-order valence-electron chi connectivity index (χ4n) is 7.08. The first-order valence-corrected chi connectivity index (χ1v) is 21.5. The molecule has 3 aliphatic rings. The Morgan fingerprint density at radius 3 is 2.32 bits per heavy atom. The van der Waals surface area contributed by atoms with Crippen LogP contribution in [-0.4, -0.2) is 106 Å². The summed E-state index contributed by atoms with van der Waals surface area (Å²) in [6.07, 6.45) is 1.78. The lowest BCUT2D eigenvalue weighted by molar-refractivity contribution is -0.0312. The van der Waals surface area contributed by atoms with Crippen molar-refractivity contribution in [2.24, 2.45) is 0 Å². The normalized spacial score (nSPS) is 20.5. The van der Waals surface area contributed by atoms with Crippen LogP contribution in [-0.2, 0) is 31.1 Å². The van der Waals surface area contributed by atoms with Crippen LogP contribution < -0.4 is 20.1 Å². The minimum absolute atomic E-state index is 0.0247. The van der Waals surface area contributed by atoms with Gasteiger partial charge in [-0.15, -0.1) is 0 Å². The van der Waals surface area contributed by atoms with E-state index < -0.39 is 42.9 Å². The Bertz CT molecular complexity index is 1930. The first kappa shape index (κ1) is 39.6. The molecule has 2 atom stereocenters. The van der Waals surface area contributed by atoms with Crippen molar-refractivity contribution in [3.8, 4) is 22.6 Å². The number of sulfonamides is 1. The van der Waals surface area contributed by atoms with Gasteiger partial charge in [0.2, 0.25) is 10.0 Å². The Hall–Kier alpha value is -3.08. The number of aliphatic hydroxyl groups is 2. The summed E-state index contributed by atoms with van der Waals surface area (Å²) in [7, 11) is -7.55. The molecule has 2 aliphatic heterocycles. The van der Waals surface area contributed by atoms with Crippen molar-refractivity contribution in [1.29, 1.82) is 0 Å². The van der Waals surface area contributed by atoms with Crippen LogP contribution in [0.3, 0.4) is 0 Å². The van der Waals surface area contributed by atoms with Gasteiger partial charge < -0.3 is 35.1 Å². The molecule has 53 heavy (non-hydrogen) atoms. The third-order valence-corrected chi connectivity index (χ3v) is 15.0. The smallest absolute Gasteiger partial charge is 0.246 e. The van der Waals surface area contributed by atoms with Gasteiger partial charge in [0.25, 0.3) is 0 Å². The number of sulfone groups is 1. The van der Waals surface area contributed by atoms with Crippen molar-refractivity contribution in [2.75, 3.05) is 46.1 Å². The zero-order valence-corrected chi connectivity index (χ0v) is 32.4. The average Bonchev–Trinajstić information content (AvgIpc) is 3.89. The molecule has 1 aliphatic carbocycles. The molecule has 3 fully saturated rings. The fraction of sp³-hybridized carbons (Fsp3) is 0.538. The van der Waals surface area contributed by atoms with Crippen LogP contribution in [0.25, 0.3) is 11.1 Å². The minimum Gasteiger partial charge on any atom is -0.492 e. The number of nitrogens with zero attached hydrogens (tertiary/aromatic N) is 1. The Morgan fingerprint density at radius 1 is 0.943 bits per heavy atom. The lowest BCUT2D eigenvalue weighted by atomic mass is 9.88. The van der Waals surface area contributed by atoms with Crippen molar-refractivity contribution < 1.29 is 41.3 Å². The maximum atomic E-state index is 14.1. The maximum Gasteiger partial charge on any atom is 0.246 e. The predicted molar refractivity (Wildman–Crippen MR) is 202 cm³/mol. The van der Waals surface area contributed by atoms with Gasteiger partial charge in [0, 0.05) is 38.3 Å². The standard InChI is InChI=1S/C39H53N3O9S2/c1-4-49-36-13-12-31(30-10-8-29(9-11-30)23-40-28(2)3)20-37(36)53(47,48)42-18-16-38(17-19-42)22-32(25-51-38)41-24-33(44)26-50-34-6-5-7-35(21-34)52(45,46)39(27-43)14-15-39/h5-13,20-21,28,32-33,40-41,43-44H,4,14-19,22-27H2,1-3H3. The molecule has 3 aromatic carbocycles. The van der Waals surface area contributed by atoms with Crippen LogP contribution in [0, 0.1) is 0 Å². The number of ether oxygens (including phenoxy) is 3. The molecule has 2 heterocycles. The van der Waals surface area contributed by atoms with Crippen LogP contribution in [0.5, 0.6) is 11.5 Å². The zero-order valence-electron chi connectivity index (χ0n) is 30.8. The van der Waals surface area contributed by atoms with Crippen LogP contribution in [0.4, 0.5) is 0 Å². The molecule has 0 aromatic heterocycles. The summed E-state index contributed by atoms with van der Waals surface area (Å²) >= 11 is 0. The van der Waals surface area contributed by atoms with Gasteiger partial charge in [-0.05, 0) is 86.1 Å². The second-order valence-corrected chi connectivity index (χ2v) is 19.1. The Balaban J connectivity index is 1.01. The number of aliphatic hydroxyl groups excluding tert-OH is 2. The predicted octanol–water partition coefficient (Wildman–Crippen LogP) is 3.89. The van der Waals surface area contributed by atoms with Crippen LogP contribution in [0.15, 0.2) is 76.5 Å². The molecule has 6 rings (SSSR count). The average molecular weight is 772 g/mol. The Morgan fingerprint density at radius 2 is 1.66 bits per heavy atom. The lowest BCUT2D eigenvalue weighted by Crippen LogP contribution is -2.47. The summed E-state index contributed by atoms with van der Waals surface area (Å²) in [5, 5.41) is 27.0. The second kappa shape index (κ2) is 16.3. The first-order valence-electron chi connectivity index (χ1n) is 18.5. The maximum absolute atomic E-state index is 14.1. The molecule has 1 saturated carbocycles. The molecule has 0 radical (unpaired) electrons. The molecule has 3 aromatic rings. The molecule has 290 valence electrons. The summed E-state index contributed by atoms with van der Waals surface area (Å²) in [5.41, 5.74) is 2.42. The fourth-order valence-corrected chi connectivity index (χ4v) is 10.5. The van der Waals surface area contributed by atoms with E-state index in [2.05, 4.69) is 36.6 Å². The van der Waals surface area contributed by atoms with Gasteiger partial charge >= 0.3 is 0 Å². The molecular weight excluding hydrogens is 719 g/mol. The lowest BCUT2D eigenvalue weighted by Gasteiger charge is -2.38. The number of rotatable bonds is 17. The van der Waals surface area contributed by atoms with E-state index in [0.717, 1.165) is 23.2 Å². The highest BCUT2D eigenvalue weighted by atomic mass is 32.2. The van der Waals surface area contributed by atoms with Crippen LogP contribution in [0.2, 0.25) is 0 Å². The van der Waals surface area contributed by atoms with Gasteiger partial charge in [-0.3, -0.25) is 0 Å². The van der Waals surface area contributed by atoms with Crippen molar-refractivity contribution in [2.45, 2.75) is 97.7 Å². The van der Waals surface area contributed by atoms with Crippen LogP contribution in [0.1, 0.15) is 58.4 Å². The largest absolute Gasteiger partial charge is 0.492 e. The molecule has 2 unspecified atom stereocenters. The molecule has 2 saturated heterocycles. The number of benzene rings is 3. The number of nitrogens with one attached hydrogen (secondary N) is 2. The number of hydrogen-bond acceptors (Lipinski definition) is 11. The topological polar surface area (TPSA) is 164 Å². The SMILES string of the molecule is CCOc1ccc(-c2ccc(CNC(C)C)cc2)cc1S(=O)(=O)N1CCC2(CC1)CC(NCC(O)COc1cccc(S(=O)(=O)C3(CO)CC3)c1)CO2. The Labute approximate surface area is 313 Å². The molecule has 1 spiro atoms. The monoisotopic (exact) mass is 771 g/mol. The molecule has 0 bridgehead atoms. The van der Waals surface area contributed by atoms with Gasteiger partial charge in [0.1, 0.15) is 29.1 Å². The van der Waals surface area contributed by atoms with E-state index >= 15 is 0 Å². The van der Waals surface area contributed by atoms with E-state index in [1.165, 1.54) is 16.4 Å². The van der Waals surface area contributed by atoms with Crippen molar-refractivity contribution in [1.82, 2.24) is 14.9 Å². The van der Waals surface area contributed by atoms with Gasteiger partial charge in [-0.25, -0.2) is 16.8 Å². The summed E-state index contributed by atoms with van der Waals surface area (Å²) in [5.74, 6) is 0.664. The van der Waals surface area contributed by atoms with E-state index in [1.807, 2.05) is 25.1 Å². The summed E-state index contributed by atoms with van der Waals surface area (Å²) in [6.45, 7) is 8.00. The molecule has 4 N–H and O–H groups in total. The third kappa shape index (κ3) is 8.91. The van der Waals surface area contributed by atoms with Gasteiger partial charge in [0.05, 0.1) is 35.1 Å². The van der Waals surface area contributed by atoms with Gasteiger partial charge in [-0.2, -0.15) is 4.31 Å². The van der Waals surface area contributed by atoms with Gasteiger partial charge in [0.15, 0.2) is 9.84 Å². The summed E-state index contributed by atoms with van der Waals surface area (Å²) in [6, 6.07) is 20.0. The number of piperidine rings is 1. The molecule has 14 heteroatoms. The molecule has 12 nitrogen and oxygen atoms in total. The highest BCUT2D eigenvalue weighted by Gasteiger charge is 2.54. The van der Waals surface area contributed by atoms with E-state index in [1.54, 1.807) is 24.3 Å². The molecular formula is C39H53N3O9S2. The Kier molecular flexibility index (Phi) is 12.2. The van der Waals surface area contributed by atoms with Gasteiger partial charge in [-0.1, -0.05) is 50.2 Å². The summed E-state index contributed by atoms with van der Waals surface area (Å²) < 4.78 is 72.4. The first-order chi connectivity index (χ1) is 25.3. The summed E-state index contributed by atoms with van der Waals surface area (Å²) in [4.78, 5) is 0.257. The zero-order chi connectivity index (χ0) is 37.9. The highest BCUT2D eigenvalue weighted by Crippen LogP contribution is 2.46. The van der Waals surface area contributed by atoms with Crippen molar-refractivity contribution in [3.05, 3.63) is 72.3 Å². The third-order valence-electron chi connectivity index (χ3n) is 10.6. The number of hydrogen-bond donors (Lipinski definition) is 4. The van der Waals surface area contributed by atoms with E-state index in [0.29, 0.717) is 75.9 Å². The van der Waals surface area contributed by atoms with E-state index in [9.17, 15) is 27.0 Å².